The van der Waals surface area contributed by atoms with Crippen LogP contribution in [0.2, 0.25) is 0 Å². The smallest absolute Gasteiger partial charge is 0.266 e. The Morgan fingerprint density at radius 1 is 1.50 bits per heavy atom. The lowest BCUT2D eigenvalue weighted by molar-refractivity contribution is 0.150. The fourth-order valence-electron chi connectivity index (χ4n) is 1.18. The quantitative estimate of drug-likeness (QED) is 0.785. The van der Waals surface area contributed by atoms with Crippen LogP contribution in [-0.4, -0.2) is 12.1 Å². The molecular weight excluding hydrogens is 216 g/mol. The van der Waals surface area contributed by atoms with Gasteiger partial charge in [0.1, 0.15) is 17.5 Å². The van der Waals surface area contributed by atoms with Gasteiger partial charge < -0.3 is 4.74 Å². The molecule has 6 heteroatoms. The van der Waals surface area contributed by atoms with Crippen LogP contribution < -0.4 is 4.74 Å². The molecule has 1 aromatic rings. The zero-order chi connectivity index (χ0) is 12.1. The molecule has 0 atom stereocenters. The van der Waals surface area contributed by atoms with E-state index in [-0.39, 0.29) is 23.6 Å². The summed E-state index contributed by atoms with van der Waals surface area (Å²) >= 11 is 0. The maximum atomic E-state index is 12.5. The monoisotopic (exact) mass is 223 g/mol. The average Bonchev–Trinajstić information content (AvgIpc) is 2.28. The van der Waals surface area contributed by atoms with Crippen molar-refractivity contribution in [1.82, 2.24) is 4.98 Å². The second kappa shape index (κ2) is 5.04. The number of pyridine rings is 1. The van der Waals surface area contributed by atoms with Crippen LogP contribution in [0.5, 0.6) is 5.75 Å². The van der Waals surface area contributed by atoms with Gasteiger partial charge in [-0.3, -0.25) is 0 Å². The zero-order valence-electron chi connectivity index (χ0n) is 8.37. The van der Waals surface area contributed by atoms with Crippen molar-refractivity contribution >= 4 is 0 Å². The van der Waals surface area contributed by atoms with Crippen molar-refractivity contribution in [3.8, 4) is 17.9 Å². The third-order valence-corrected chi connectivity index (χ3v) is 1.90. The van der Waals surface area contributed by atoms with E-state index in [4.69, 9.17) is 15.3 Å². The number of nitriles is 2. The van der Waals surface area contributed by atoms with E-state index >= 15 is 0 Å². The molecular formula is C10H7F2N3O. The van der Waals surface area contributed by atoms with E-state index in [1.54, 1.807) is 6.07 Å². The number of halogens is 2. The fourth-order valence-corrected chi connectivity index (χ4v) is 1.18. The molecule has 1 heterocycles. The third-order valence-electron chi connectivity index (χ3n) is 1.90. The molecule has 0 saturated carbocycles. The summed E-state index contributed by atoms with van der Waals surface area (Å²) in [5.74, 6) is 0.0934. The average molecular weight is 223 g/mol. The van der Waals surface area contributed by atoms with Crippen molar-refractivity contribution in [1.29, 1.82) is 10.5 Å². The van der Waals surface area contributed by atoms with Gasteiger partial charge in [0.2, 0.25) is 0 Å². The zero-order valence-corrected chi connectivity index (χ0v) is 8.37. The van der Waals surface area contributed by atoms with E-state index in [0.717, 1.165) is 6.07 Å². The van der Waals surface area contributed by atoms with Crippen LogP contribution in [0.15, 0.2) is 6.07 Å². The summed E-state index contributed by atoms with van der Waals surface area (Å²) in [7, 11) is 1.29. The van der Waals surface area contributed by atoms with Gasteiger partial charge in [-0.05, 0) is 6.07 Å². The van der Waals surface area contributed by atoms with Crippen molar-refractivity contribution in [3.63, 3.8) is 0 Å². The predicted molar refractivity (Wildman–Crippen MR) is 49.8 cm³/mol. The van der Waals surface area contributed by atoms with Gasteiger partial charge in [-0.1, -0.05) is 0 Å². The largest absolute Gasteiger partial charge is 0.495 e. The summed E-state index contributed by atoms with van der Waals surface area (Å²) in [6.07, 6.45) is -2.89. The molecule has 1 aromatic heterocycles. The first-order valence-electron chi connectivity index (χ1n) is 4.27. The molecule has 0 spiro atoms. The second-order valence-electron chi connectivity index (χ2n) is 2.82. The van der Waals surface area contributed by atoms with Crippen LogP contribution in [0.4, 0.5) is 8.78 Å². The minimum Gasteiger partial charge on any atom is -0.495 e. The number of alkyl halides is 2. The summed E-state index contributed by atoms with van der Waals surface area (Å²) in [6.45, 7) is 0. The number of hydrogen-bond acceptors (Lipinski definition) is 4. The highest BCUT2D eigenvalue weighted by molar-refractivity contribution is 5.42. The summed E-state index contributed by atoms with van der Waals surface area (Å²) in [6, 6.07) is 4.43. The molecule has 0 aromatic carbocycles. The lowest BCUT2D eigenvalue weighted by Crippen LogP contribution is -2.02. The molecule has 0 fully saturated rings. The first-order valence-corrected chi connectivity index (χ1v) is 4.27. The molecule has 1 rings (SSSR count). The van der Waals surface area contributed by atoms with Gasteiger partial charge in [0, 0.05) is 0 Å². The standard InChI is InChI=1S/C10H7F2N3O/c1-16-9-4-6(10(11)12)8(5-14)15-7(9)2-3-13/h4,10H,2H2,1H3. The summed E-state index contributed by atoms with van der Waals surface area (Å²) in [4.78, 5) is 3.68. The Morgan fingerprint density at radius 2 is 2.19 bits per heavy atom. The molecule has 4 nitrogen and oxygen atoms in total. The van der Waals surface area contributed by atoms with Gasteiger partial charge in [0.15, 0.2) is 0 Å². The number of hydrogen-bond donors (Lipinski definition) is 0. The molecule has 0 unspecified atom stereocenters. The van der Waals surface area contributed by atoms with Gasteiger partial charge >= 0.3 is 0 Å². The van der Waals surface area contributed by atoms with Gasteiger partial charge in [0.05, 0.1) is 30.9 Å². The summed E-state index contributed by atoms with van der Waals surface area (Å²) in [5.41, 5.74) is -0.673. The highest BCUT2D eigenvalue weighted by Gasteiger charge is 2.18. The number of ether oxygens (including phenoxy) is 1. The van der Waals surface area contributed by atoms with Gasteiger partial charge in [-0.2, -0.15) is 10.5 Å². The maximum Gasteiger partial charge on any atom is 0.266 e. The Hall–Kier alpha value is -2.21. The van der Waals surface area contributed by atoms with Crippen LogP contribution in [0.1, 0.15) is 23.4 Å². The summed E-state index contributed by atoms with van der Waals surface area (Å²) in [5, 5.41) is 17.2. The van der Waals surface area contributed by atoms with Crippen molar-refractivity contribution in [2.24, 2.45) is 0 Å². The normalized spacial score (nSPS) is 9.62. The Kier molecular flexibility index (Phi) is 3.73. The second-order valence-corrected chi connectivity index (χ2v) is 2.82. The number of methoxy groups -OCH3 is 1. The van der Waals surface area contributed by atoms with E-state index < -0.39 is 12.0 Å². The van der Waals surface area contributed by atoms with E-state index in [9.17, 15) is 8.78 Å². The Labute approximate surface area is 90.7 Å². The molecule has 0 bridgehead atoms. The van der Waals surface area contributed by atoms with Crippen molar-refractivity contribution < 1.29 is 13.5 Å². The Morgan fingerprint density at radius 3 is 2.62 bits per heavy atom. The maximum absolute atomic E-state index is 12.5. The van der Waals surface area contributed by atoms with Crippen molar-refractivity contribution in [2.75, 3.05) is 7.11 Å². The van der Waals surface area contributed by atoms with Gasteiger partial charge in [-0.15, -0.1) is 0 Å². The SMILES string of the molecule is COc1cc(C(F)F)c(C#N)nc1CC#N. The van der Waals surface area contributed by atoms with Gasteiger partial charge in [0.25, 0.3) is 6.43 Å². The highest BCUT2D eigenvalue weighted by Crippen LogP contribution is 2.27. The molecule has 0 aliphatic heterocycles. The first kappa shape index (κ1) is 11.9. The fraction of sp³-hybridized carbons (Fsp3) is 0.300. The van der Waals surface area contributed by atoms with Crippen molar-refractivity contribution in [3.05, 3.63) is 23.0 Å². The number of rotatable bonds is 3. The lowest BCUT2D eigenvalue weighted by atomic mass is 10.1. The molecule has 82 valence electrons. The van der Waals surface area contributed by atoms with Crippen LogP contribution >= 0.6 is 0 Å². The molecule has 0 saturated heterocycles. The molecule has 0 aliphatic carbocycles. The van der Waals surface area contributed by atoms with Crippen LogP contribution in [0.25, 0.3) is 0 Å². The summed E-state index contributed by atoms with van der Waals surface area (Å²) < 4.78 is 29.9. The van der Waals surface area contributed by atoms with Crippen LogP contribution in [0, 0.1) is 22.7 Å². The lowest BCUT2D eigenvalue weighted by Gasteiger charge is -2.08. The minimum atomic E-state index is -2.80. The third kappa shape index (κ3) is 2.23. The van der Waals surface area contributed by atoms with E-state index in [1.165, 1.54) is 7.11 Å². The minimum absolute atomic E-state index is 0.0934. The molecule has 16 heavy (non-hydrogen) atoms. The Bertz CT molecular complexity index is 474. The highest BCUT2D eigenvalue weighted by atomic mass is 19.3. The van der Waals surface area contributed by atoms with Crippen molar-refractivity contribution in [2.45, 2.75) is 12.8 Å². The molecule has 0 aliphatic rings. The van der Waals surface area contributed by atoms with E-state index in [2.05, 4.69) is 4.98 Å². The predicted octanol–water partition coefficient (Wildman–Crippen LogP) is 1.97. The van der Waals surface area contributed by atoms with Crippen LogP contribution in [-0.2, 0) is 6.42 Å². The van der Waals surface area contributed by atoms with E-state index in [0.29, 0.717) is 0 Å². The Balaban J connectivity index is 3.36. The van der Waals surface area contributed by atoms with E-state index in [1.807, 2.05) is 6.07 Å². The van der Waals surface area contributed by atoms with Gasteiger partial charge in [-0.25, -0.2) is 13.8 Å². The number of aromatic nitrogens is 1. The molecule has 0 amide bonds. The molecule has 0 N–H and O–H groups in total. The first-order chi connectivity index (χ1) is 7.63. The molecule has 0 radical (unpaired) electrons. The number of nitrogens with zero attached hydrogens (tertiary/aromatic N) is 3. The van der Waals surface area contributed by atoms with Crippen LogP contribution in [0.3, 0.4) is 0 Å². The topological polar surface area (TPSA) is 69.7 Å².